The number of hydrogen-bond donors (Lipinski definition) is 2. The van der Waals surface area contributed by atoms with Crippen molar-refractivity contribution in [1.29, 1.82) is 0 Å². The molecule has 19 heavy (non-hydrogen) atoms. The predicted octanol–water partition coefficient (Wildman–Crippen LogP) is 1.53. The van der Waals surface area contributed by atoms with Gasteiger partial charge in [0.2, 0.25) is 5.91 Å². The lowest BCUT2D eigenvalue weighted by Crippen LogP contribution is -2.42. The highest BCUT2D eigenvalue weighted by Crippen LogP contribution is 2.28. The SMILES string of the molecule is COCC1(C(=O)Nc2cccc(F)c2F)CCNC1. The van der Waals surface area contributed by atoms with Crippen LogP contribution in [0.2, 0.25) is 0 Å². The minimum absolute atomic E-state index is 0.146. The van der Waals surface area contributed by atoms with Crippen LogP contribution >= 0.6 is 0 Å². The van der Waals surface area contributed by atoms with Crippen molar-refractivity contribution in [2.75, 3.05) is 32.1 Å². The van der Waals surface area contributed by atoms with Crippen LogP contribution in [0.1, 0.15) is 6.42 Å². The van der Waals surface area contributed by atoms with E-state index in [9.17, 15) is 13.6 Å². The third-order valence-electron chi connectivity index (χ3n) is 3.35. The molecule has 1 unspecified atom stereocenters. The molecular weight excluding hydrogens is 254 g/mol. The van der Waals surface area contributed by atoms with E-state index in [0.717, 1.165) is 6.07 Å². The van der Waals surface area contributed by atoms with Crippen LogP contribution in [0.15, 0.2) is 18.2 Å². The molecule has 0 saturated carbocycles. The van der Waals surface area contributed by atoms with E-state index >= 15 is 0 Å². The molecule has 0 aromatic heterocycles. The van der Waals surface area contributed by atoms with Crippen molar-refractivity contribution in [2.24, 2.45) is 5.41 Å². The summed E-state index contributed by atoms with van der Waals surface area (Å²) in [5.74, 6) is -2.39. The summed E-state index contributed by atoms with van der Waals surface area (Å²) in [4.78, 5) is 12.3. The molecule has 1 atom stereocenters. The molecule has 104 valence electrons. The molecule has 1 aliphatic rings. The number of rotatable bonds is 4. The molecule has 1 saturated heterocycles. The van der Waals surface area contributed by atoms with Crippen molar-refractivity contribution in [2.45, 2.75) is 6.42 Å². The van der Waals surface area contributed by atoms with Crippen LogP contribution in [0.4, 0.5) is 14.5 Å². The van der Waals surface area contributed by atoms with Crippen LogP contribution in [-0.2, 0) is 9.53 Å². The van der Waals surface area contributed by atoms with E-state index in [1.165, 1.54) is 19.2 Å². The van der Waals surface area contributed by atoms with Crippen molar-refractivity contribution in [3.05, 3.63) is 29.8 Å². The highest BCUT2D eigenvalue weighted by Gasteiger charge is 2.41. The quantitative estimate of drug-likeness (QED) is 0.872. The molecule has 2 N–H and O–H groups in total. The first kappa shape index (κ1) is 13.9. The maximum atomic E-state index is 13.5. The summed E-state index contributed by atoms with van der Waals surface area (Å²) in [5, 5.41) is 5.53. The standard InChI is InChI=1S/C13H16F2N2O2/c1-19-8-13(5-6-16-7-13)12(18)17-10-4-2-3-9(14)11(10)15/h2-4,16H,5-8H2,1H3,(H,17,18). The highest BCUT2D eigenvalue weighted by molar-refractivity contribution is 5.96. The number of methoxy groups -OCH3 is 1. The van der Waals surface area contributed by atoms with Crippen LogP contribution in [0, 0.1) is 17.0 Å². The van der Waals surface area contributed by atoms with Gasteiger partial charge in [-0.1, -0.05) is 6.07 Å². The Balaban J connectivity index is 2.17. The zero-order valence-electron chi connectivity index (χ0n) is 10.6. The Bertz CT molecular complexity index is 474. The number of nitrogens with one attached hydrogen (secondary N) is 2. The van der Waals surface area contributed by atoms with Gasteiger partial charge in [0.25, 0.3) is 0 Å². The molecule has 0 spiro atoms. The van der Waals surface area contributed by atoms with E-state index in [0.29, 0.717) is 19.5 Å². The van der Waals surface area contributed by atoms with Gasteiger partial charge in [-0.3, -0.25) is 4.79 Å². The van der Waals surface area contributed by atoms with Gasteiger partial charge in [0.15, 0.2) is 11.6 Å². The van der Waals surface area contributed by atoms with Gasteiger partial charge in [0.05, 0.1) is 17.7 Å². The molecule has 1 aliphatic heterocycles. The second-order valence-corrected chi connectivity index (χ2v) is 4.70. The van der Waals surface area contributed by atoms with E-state index in [-0.39, 0.29) is 18.2 Å². The Labute approximate surface area is 110 Å². The topological polar surface area (TPSA) is 50.4 Å². The van der Waals surface area contributed by atoms with Crippen molar-refractivity contribution in [3.8, 4) is 0 Å². The smallest absolute Gasteiger partial charge is 0.234 e. The minimum atomic E-state index is -1.05. The maximum absolute atomic E-state index is 13.5. The summed E-state index contributed by atoms with van der Waals surface area (Å²) >= 11 is 0. The van der Waals surface area contributed by atoms with Gasteiger partial charge in [-0.05, 0) is 25.1 Å². The number of anilines is 1. The molecule has 1 aromatic carbocycles. The third-order valence-corrected chi connectivity index (χ3v) is 3.35. The first-order chi connectivity index (χ1) is 9.09. The van der Waals surface area contributed by atoms with Crippen molar-refractivity contribution in [3.63, 3.8) is 0 Å². The Morgan fingerprint density at radius 2 is 2.32 bits per heavy atom. The molecule has 6 heteroatoms. The summed E-state index contributed by atoms with van der Waals surface area (Å²) < 4.78 is 31.7. The van der Waals surface area contributed by atoms with Crippen LogP contribution < -0.4 is 10.6 Å². The average molecular weight is 270 g/mol. The number of carbonyl (C=O) groups is 1. The van der Waals surface area contributed by atoms with Crippen molar-refractivity contribution in [1.82, 2.24) is 5.32 Å². The van der Waals surface area contributed by atoms with Crippen LogP contribution in [0.5, 0.6) is 0 Å². The zero-order chi connectivity index (χ0) is 13.9. The van der Waals surface area contributed by atoms with Gasteiger partial charge in [0.1, 0.15) is 0 Å². The van der Waals surface area contributed by atoms with Gasteiger partial charge < -0.3 is 15.4 Å². The van der Waals surface area contributed by atoms with Crippen LogP contribution in [0.3, 0.4) is 0 Å². The zero-order valence-corrected chi connectivity index (χ0v) is 10.6. The molecule has 1 aromatic rings. The van der Waals surface area contributed by atoms with Gasteiger partial charge in [-0.2, -0.15) is 0 Å². The predicted molar refractivity (Wildman–Crippen MR) is 66.8 cm³/mol. The lowest BCUT2D eigenvalue weighted by molar-refractivity contribution is -0.127. The Kier molecular flexibility index (Phi) is 4.11. The van der Waals surface area contributed by atoms with E-state index in [1.807, 2.05) is 0 Å². The fourth-order valence-electron chi connectivity index (χ4n) is 2.26. The molecular formula is C13H16F2N2O2. The van der Waals surface area contributed by atoms with E-state index in [1.54, 1.807) is 0 Å². The first-order valence-corrected chi connectivity index (χ1v) is 6.04. The summed E-state index contributed by atoms with van der Waals surface area (Å²) in [6.07, 6.45) is 0.601. The van der Waals surface area contributed by atoms with E-state index < -0.39 is 17.0 Å². The summed E-state index contributed by atoms with van der Waals surface area (Å²) in [5.41, 5.74) is -0.875. The van der Waals surface area contributed by atoms with Crippen molar-refractivity contribution >= 4 is 11.6 Å². The summed E-state index contributed by atoms with van der Waals surface area (Å²) in [6.45, 7) is 1.40. The number of ether oxygens (including phenoxy) is 1. The van der Waals surface area contributed by atoms with Crippen LogP contribution in [-0.4, -0.2) is 32.7 Å². The largest absolute Gasteiger partial charge is 0.384 e. The second kappa shape index (κ2) is 5.63. The monoisotopic (exact) mass is 270 g/mol. The molecule has 0 radical (unpaired) electrons. The van der Waals surface area contributed by atoms with Gasteiger partial charge in [0, 0.05) is 13.7 Å². The number of amides is 1. The lowest BCUT2D eigenvalue weighted by atomic mass is 9.87. The number of hydrogen-bond acceptors (Lipinski definition) is 3. The number of carbonyl (C=O) groups excluding carboxylic acids is 1. The maximum Gasteiger partial charge on any atom is 0.234 e. The number of halogens is 2. The highest BCUT2D eigenvalue weighted by atomic mass is 19.2. The molecule has 1 amide bonds. The van der Waals surface area contributed by atoms with E-state index in [4.69, 9.17) is 4.74 Å². The second-order valence-electron chi connectivity index (χ2n) is 4.70. The summed E-state index contributed by atoms with van der Waals surface area (Å²) in [7, 11) is 1.51. The third kappa shape index (κ3) is 2.74. The molecule has 0 bridgehead atoms. The average Bonchev–Trinajstić information content (AvgIpc) is 2.85. The minimum Gasteiger partial charge on any atom is -0.384 e. The molecule has 4 nitrogen and oxygen atoms in total. The van der Waals surface area contributed by atoms with E-state index in [2.05, 4.69) is 10.6 Å². The summed E-state index contributed by atoms with van der Waals surface area (Å²) in [6, 6.07) is 3.69. The Hall–Kier alpha value is -1.53. The fraction of sp³-hybridized carbons (Fsp3) is 0.462. The normalized spacial score (nSPS) is 22.5. The van der Waals surface area contributed by atoms with Crippen molar-refractivity contribution < 1.29 is 18.3 Å². The molecule has 2 rings (SSSR count). The van der Waals surface area contributed by atoms with Gasteiger partial charge in [-0.15, -0.1) is 0 Å². The Morgan fingerprint density at radius 1 is 1.53 bits per heavy atom. The Morgan fingerprint density at radius 3 is 2.95 bits per heavy atom. The molecule has 1 fully saturated rings. The van der Waals surface area contributed by atoms with Gasteiger partial charge >= 0.3 is 0 Å². The lowest BCUT2D eigenvalue weighted by Gasteiger charge is -2.26. The van der Waals surface area contributed by atoms with Gasteiger partial charge in [-0.25, -0.2) is 8.78 Å². The fourth-order valence-corrected chi connectivity index (χ4v) is 2.26. The first-order valence-electron chi connectivity index (χ1n) is 6.04. The van der Waals surface area contributed by atoms with Crippen LogP contribution in [0.25, 0.3) is 0 Å². The number of benzene rings is 1. The molecule has 1 heterocycles. The molecule has 0 aliphatic carbocycles.